The highest BCUT2D eigenvalue weighted by Gasteiger charge is 2.08. The van der Waals surface area contributed by atoms with E-state index < -0.39 is 0 Å². The monoisotopic (exact) mass is 235 g/mol. The second-order valence-electron chi connectivity index (χ2n) is 4.32. The fourth-order valence-electron chi connectivity index (χ4n) is 1.40. The van der Waals surface area contributed by atoms with Gasteiger partial charge in [0.1, 0.15) is 0 Å². The van der Waals surface area contributed by atoms with Crippen molar-refractivity contribution in [1.29, 1.82) is 0 Å². The van der Waals surface area contributed by atoms with Crippen LogP contribution >= 0.6 is 0 Å². The molecule has 0 saturated heterocycles. The number of benzene rings is 1. The van der Waals surface area contributed by atoms with E-state index in [-0.39, 0.29) is 11.9 Å². The Morgan fingerprint density at radius 2 is 2.18 bits per heavy atom. The molecular weight excluding hydrogens is 214 g/mol. The Bertz CT molecular complexity index is 377. The van der Waals surface area contributed by atoms with Crippen molar-refractivity contribution in [3.8, 4) is 0 Å². The van der Waals surface area contributed by atoms with Crippen molar-refractivity contribution in [2.24, 2.45) is 5.73 Å². The predicted molar refractivity (Wildman–Crippen MR) is 71.4 cm³/mol. The van der Waals surface area contributed by atoms with E-state index in [1.54, 1.807) is 6.07 Å². The van der Waals surface area contributed by atoms with E-state index in [0.717, 1.165) is 12.1 Å². The summed E-state index contributed by atoms with van der Waals surface area (Å²) in [5.74, 6) is -0.0717. The summed E-state index contributed by atoms with van der Waals surface area (Å²) < 4.78 is 0. The minimum Gasteiger partial charge on any atom is -0.378 e. The molecule has 1 rings (SSSR count). The molecule has 0 radical (unpaired) electrons. The summed E-state index contributed by atoms with van der Waals surface area (Å²) in [6.45, 7) is 2.52. The lowest BCUT2D eigenvalue weighted by Crippen LogP contribution is -2.36. The van der Waals surface area contributed by atoms with Crippen LogP contribution in [0.25, 0.3) is 0 Å². The fraction of sp³-hybridized carbons (Fsp3) is 0.462. The Balaban J connectivity index is 2.66. The van der Waals surface area contributed by atoms with E-state index in [4.69, 9.17) is 5.73 Å². The van der Waals surface area contributed by atoms with Gasteiger partial charge in [0.05, 0.1) is 0 Å². The Morgan fingerprint density at radius 3 is 2.76 bits per heavy atom. The summed E-state index contributed by atoms with van der Waals surface area (Å²) in [6, 6.07) is 7.54. The second kappa shape index (κ2) is 6.25. The lowest BCUT2D eigenvalue weighted by atomic mass is 10.1. The van der Waals surface area contributed by atoms with Gasteiger partial charge in [-0.25, -0.2) is 0 Å². The molecular formula is C13H21N3O. The minimum atomic E-state index is -0.0717. The number of hydrogen-bond donors (Lipinski definition) is 2. The van der Waals surface area contributed by atoms with E-state index >= 15 is 0 Å². The smallest absolute Gasteiger partial charge is 0.251 e. The van der Waals surface area contributed by atoms with Crippen LogP contribution in [-0.2, 0) is 0 Å². The first-order valence-corrected chi connectivity index (χ1v) is 5.85. The highest BCUT2D eigenvalue weighted by atomic mass is 16.1. The van der Waals surface area contributed by atoms with Crippen LogP contribution in [-0.4, -0.2) is 32.6 Å². The second-order valence-corrected chi connectivity index (χ2v) is 4.32. The van der Waals surface area contributed by atoms with Crippen LogP contribution in [0.4, 0.5) is 5.69 Å². The van der Waals surface area contributed by atoms with Crippen LogP contribution in [0.2, 0.25) is 0 Å². The Labute approximate surface area is 103 Å². The SMILES string of the molecule is CCC(N)CNC(=O)c1cccc(N(C)C)c1. The molecule has 0 aliphatic heterocycles. The summed E-state index contributed by atoms with van der Waals surface area (Å²) in [5.41, 5.74) is 7.43. The first-order valence-electron chi connectivity index (χ1n) is 5.85. The lowest BCUT2D eigenvalue weighted by Gasteiger charge is -2.14. The molecule has 0 bridgehead atoms. The third-order valence-electron chi connectivity index (χ3n) is 2.67. The molecule has 3 N–H and O–H groups in total. The highest BCUT2D eigenvalue weighted by Crippen LogP contribution is 2.13. The zero-order chi connectivity index (χ0) is 12.8. The number of nitrogens with one attached hydrogen (secondary N) is 1. The Morgan fingerprint density at radius 1 is 1.47 bits per heavy atom. The maximum atomic E-state index is 11.9. The first-order chi connectivity index (χ1) is 8.04. The molecule has 0 saturated carbocycles. The van der Waals surface area contributed by atoms with Crippen LogP contribution in [0.5, 0.6) is 0 Å². The van der Waals surface area contributed by atoms with E-state index in [2.05, 4.69) is 5.32 Å². The van der Waals surface area contributed by atoms with Crippen molar-refractivity contribution >= 4 is 11.6 Å². The van der Waals surface area contributed by atoms with E-state index in [0.29, 0.717) is 12.1 Å². The summed E-state index contributed by atoms with van der Waals surface area (Å²) in [7, 11) is 3.90. The van der Waals surface area contributed by atoms with Crippen molar-refractivity contribution in [3.63, 3.8) is 0 Å². The van der Waals surface area contributed by atoms with Crippen LogP contribution in [0.1, 0.15) is 23.7 Å². The molecule has 4 nitrogen and oxygen atoms in total. The van der Waals surface area contributed by atoms with Crippen molar-refractivity contribution in [2.45, 2.75) is 19.4 Å². The minimum absolute atomic E-state index is 0.0241. The molecule has 0 heterocycles. The molecule has 1 atom stereocenters. The third kappa shape index (κ3) is 4.07. The number of anilines is 1. The van der Waals surface area contributed by atoms with Gasteiger partial charge in [0.15, 0.2) is 0 Å². The van der Waals surface area contributed by atoms with Gasteiger partial charge in [-0.2, -0.15) is 0 Å². The van der Waals surface area contributed by atoms with Crippen LogP contribution in [0.3, 0.4) is 0 Å². The molecule has 1 aromatic carbocycles. The first kappa shape index (κ1) is 13.5. The molecule has 0 aromatic heterocycles. The Hall–Kier alpha value is -1.55. The normalized spacial score (nSPS) is 12.0. The van der Waals surface area contributed by atoms with Gasteiger partial charge in [0, 0.05) is 37.9 Å². The zero-order valence-electron chi connectivity index (χ0n) is 10.7. The van der Waals surface area contributed by atoms with Gasteiger partial charge in [0.2, 0.25) is 0 Å². The fourth-order valence-corrected chi connectivity index (χ4v) is 1.40. The highest BCUT2D eigenvalue weighted by molar-refractivity contribution is 5.95. The van der Waals surface area contributed by atoms with Gasteiger partial charge < -0.3 is 16.0 Å². The van der Waals surface area contributed by atoms with Crippen LogP contribution in [0.15, 0.2) is 24.3 Å². The summed E-state index contributed by atoms with van der Waals surface area (Å²) >= 11 is 0. The maximum Gasteiger partial charge on any atom is 0.251 e. The molecule has 1 amide bonds. The molecule has 0 fully saturated rings. The molecule has 94 valence electrons. The molecule has 4 heteroatoms. The summed E-state index contributed by atoms with van der Waals surface area (Å²) in [6.07, 6.45) is 0.859. The lowest BCUT2D eigenvalue weighted by molar-refractivity contribution is 0.0951. The standard InChI is InChI=1S/C13H21N3O/c1-4-11(14)9-15-13(17)10-6-5-7-12(8-10)16(2)3/h5-8,11H,4,9,14H2,1-3H3,(H,15,17). The van der Waals surface area contributed by atoms with Crippen molar-refractivity contribution < 1.29 is 4.79 Å². The Kier molecular flexibility index (Phi) is 4.97. The van der Waals surface area contributed by atoms with E-state index in [1.165, 1.54) is 0 Å². The van der Waals surface area contributed by atoms with Gasteiger partial charge >= 0.3 is 0 Å². The van der Waals surface area contributed by atoms with Crippen LogP contribution in [0, 0.1) is 0 Å². The van der Waals surface area contributed by atoms with Crippen molar-refractivity contribution in [2.75, 3.05) is 25.5 Å². The molecule has 1 unspecified atom stereocenters. The largest absolute Gasteiger partial charge is 0.378 e. The van der Waals surface area contributed by atoms with Gasteiger partial charge in [-0.15, -0.1) is 0 Å². The van der Waals surface area contributed by atoms with Crippen molar-refractivity contribution in [1.82, 2.24) is 5.32 Å². The number of carbonyl (C=O) groups excluding carboxylic acids is 1. The molecule has 1 aromatic rings. The number of carbonyl (C=O) groups is 1. The summed E-state index contributed by atoms with van der Waals surface area (Å²) in [4.78, 5) is 13.8. The predicted octanol–water partition coefficient (Wildman–Crippen LogP) is 1.22. The molecule has 0 aliphatic carbocycles. The third-order valence-corrected chi connectivity index (χ3v) is 2.67. The summed E-state index contributed by atoms with van der Waals surface area (Å²) in [5, 5.41) is 2.83. The molecule has 0 spiro atoms. The average Bonchev–Trinajstić information content (AvgIpc) is 2.35. The molecule has 0 aliphatic rings. The zero-order valence-corrected chi connectivity index (χ0v) is 10.7. The van der Waals surface area contributed by atoms with E-state index in [1.807, 2.05) is 44.1 Å². The van der Waals surface area contributed by atoms with Gasteiger partial charge in [-0.1, -0.05) is 13.0 Å². The number of rotatable bonds is 5. The quantitative estimate of drug-likeness (QED) is 0.806. The maximum absolute atomic E-state index is 11.9. The number of nitrogens with zero attached hydrogens (tertiary/aromatic N) is 1. The van der Waals surface area contributed by atoms with Crippen molar-refractivity contribution in [3.05, 3.63) is 29.8 Å². The number of amides is 1. The average molecular weight is 235 g/mol. The number of hydrogen-bond acceptors (Lipinski definition) is 3. The topological polar surface area (TPSA) is 58.4 Å². The van der Waals surface area contributed by atoms with Gasteiger partial charge in [0.25, 0.3) is 5.91 Å². The van der Waals surface area contributed by atoms with E-state index in [9.17, 15) is 4.79 Å². The molecule has 17 heavy (non-hydrogen) atoms. The van der Waals surface area contributed by atoms with Crippen LogP contribution < -0.4 is 16.0 Å². The number of nitrogens with two attached hydrogens (primary N) is 1. The van der Waals surface area contributed by atoms with Gasteiger partial charge in [-0.3, -0.25) is 4.79 Å². The van der Waals surface area contributed by atoms with Gasteiger partial charge in [-0.05, 0) is 24.6 Å².